The van der Waals surface area contributed by atoms with Crippen LogP contribution in [0.3, 0.4) is 0 Å². The molecule has 0 atom stereocenters. The van der Waals surface area contributed by atoms with Crippen LogP contribution in [0.25, 0.3) is 60.6 Å². The Kier molecular flexibility index (Phi) is 4.24. The van der Waals surface area contributed by atoms with E-state index in [-0.39, 0.29) is 0 Å². The van der Waals surface area contributed by atoms with Crippen molar-refractivity contribution >= 4 is 43.7 Å². The molecule has 0 aliphatic carbocycles. The maximum absolute atomic E-state index is 9.52. The van der Waals surface area contributed by atoms with E-state index in [1.165, 1.54) is 0 Å². The van der Waals surface area contributed by atoms with Crippen LogP contribution < -0.4 is 0 Å². The molecule has 4 heteroatoms. The quantitative estimate of drug-likeness (QED) is 0.262. The average Bonchev–Trinajstić information content (AvgIpc) is 3.47. The first-order chi connectivity index (χ1) is 17.7. The van der Waals surface area contributed by atoms with Crippen molar-refractivity contribution in [3.8, 4) is 29.0 Å². The zero-order valence-electron chi connectivity index (χ0n) is 19.1. The van der Waals surface area contributed by atoms with Crippen molar-refractivity contribution in [1.82, 2.24) is 4.57 Å². The van der Waals surface area contributed by atoms with Gasteiger partial charge < -0.3 is 8.98 Å². The van der Waals surface area contributed by atoms with Gasteiger partial charge in [-0.15, -0.1) is 0 Å². The molecule has 0 radical (unpaired) electrons. The van der Waals surface area contributed by atoms with Crippen LogP contribution in [0.15, 0.2) is 108 Å². The summed E-state index contributed by atoms with van der Waals surface area (Å²) in [6, 6.07) is 38.8. The van der Waals surface area contributed by atoms with Gasteiger partial charge in [0, 0.05) is 27.2 Å². The van der Waals surface area contributed by atoms with Gasteiger partial charge in [0.05, 0.1) is 34.3 Å². The Morgan fingerprint density at radius 2 is 1.14 bits per heavy atom. The Hall–Kier alpha value is -5.32. The fraction of sp³-hybridized carbons (Fsp3) is 0. The minimum absolute atomic E-state index is 0.465. The number of benzene rings is 5. The molecule has 4 nitrogen and oxygen atoms in total. The number of aromatic nitrogens is 1. The molecule has 2 heterocycles. The highest BCUT2D eigenvalue weighted by atomic mass is 16.3. The highest BCUT2D eigenvalue weighted by molar-refractivity contribution is 6.11. The summed E-state index contributed by atoms with van der Waals surface area (Å²) in [5.74, 6) is 0. The second kappa shape index (κ2) is 7.60. The molecule has 0 saturated heterocycles. The van der Waals surface area contributed by atoms with Gasteiger partial charge in [-0.2, -0.15) is 10.5 Å². The first-order valence-electron chi connectivity index (χ1n) is 11.6. The minimum Gasteiger partial charge on any atom is -0.456 e. The average molecular weight is 460 g/mol. The molecule has 5 aromatic carbocycles. The summed E-state index contributed by atoms with van der Waals surface area (Å²) < 4.78 is 8.14. The van der Waals surface area contributed by atoms with E-state index in [2.05, 4.69) is 65.2 Å². The summed E-state index contributed by atoms with van der Waals surface area (Å²) in [6.45, 7) is 0. The SMILES string of the molecule is N#Cc1cc(C#N)cc(-n2c3ccccc3c3cc(-c4ccc5oc6ccccc6c5c4)ccc32)c1. The maximum Gasteiger partial charge on any atom is 0.135 e. The Morgan fingerprint density at radius 3 is 1.92 bits per heavy atom. The molecular formula is C32H17N3O. The summed E-state index contributed by atoms with van der Waals surface area (Å²) in [4.78, 5) is 0. The molecule has 7 rings (SSSR count). The molecule has 0 bridgehead atoms. The van der Waals surface area contributed by atoms with Crippen molar-refractivity contribution in [3.05, 3.63) is 114 Å². The van der Waals surface area contributed by atoms with Crippen LogP contribution in [0.4, 0.5) is 0 Å². The number of nitriles is 2. The lowest BCUT2D eigenvalue weighted by Crippen LogP contribution is -1.96. The zero-order chi connectivity index (χ0) is 24.2. The minimum atomic E-state index is 0.465. The number of furan rings is 1. The molecule has 0 N–H and O–H groups in total. The van der Waals surface area contributed by atoms with Gasteiger partial charge in [0.2, 0.25) is 0 Å². The highest BCUT2D eigenvalue weighted by Crippen LogP contribution is 2.37. The van der Waals surface area contributed by atoms with Gasteiger partial charge in [0.25, 0.3) is 0 Å². The van der Waals surface area contributed by atoms with Crippen LogP contribution in [0, 0.1) is 22.7 Å². The normalized spacial score (nSPS) is 11.3. The first kappa shape index (κ1) is 20.1. The van der Waals surface area contributed by atoms with Gasteiger partial charge >= 0.3 is 0 Å². The highest BCUT2D eigenvalue weighted by Gasteiger charge is 2.15. The lowest BCUT2D eigenvalue weighted by molar-refractivity contribution is 0.669. The predicted molar refractivity (Wildman–Crippen MR) is 143 cm³/mol. The molecule has 166 valence electrons. The van der Waals surface area contributed by atoms with E-state index < -0.39 is 0 Å². The van der Waals surface area contributed by atoms with Crippen molar-refractivity contribution in [3.63, 3.8) is 0 Å². The van der Waals surface area contributed by atoms with E-state index in [0.29, 0.717) is 11.1 Å². The molecular weight excluding hydrogens is 442 g/mol. The van der Waals surface area contributed by atoms with Gasteiger partial charge in [-0.1, -0.05) is 48.5 Å². The molecule has 0 unspecified atom stereocenters. The van der Waals surface area contributed by atoms with E-state index in [4.69, 9.17) is 4.42 Å². The van der Waals surface area contributed by atoms with Crippen molar-refractivity contribution in [2.75, 3.05) is 0 Å². The van der Waals surface area contributed by atoms with E-state index in [0.717, 1.165) is 60.6 Å². The predicted octanol–water partition coefficient (Wildman–Crippen LogP) is 8.09. The molecule has 0 spiro atoms. The van der Waals surface area contributed by atoms with Crippen LogP contribution in [0.1, 0.15) is 11.1 Å². The summed E-state index contributed by atoms with van der Waals surface area (Å²) in [5.41, 5.74) is 7.78. The first-order valence-corrected chi connectivity index (χ1v) is 11.6. The Bertz CT molecular complexity index is 2050. The smallest absolute Gasteiger partial charge is 0.135 e. The standard InChI is InChI=1S/C32H17N3O/c33-18-20-13-21(19-34)15-24(14-20)35-29-7-3-1-5-25(29)27-16-22(9-11-30(27)35)23-10-12-32-28(17-23)26-6-2-4-8-31(26)36-32/h1-17H. The monoisotopic (exact) mass is 459 g/mol. The van der Waals surface area contributed by atoms with Crippen LogP contribution in [-0.4, -0.2) is 4.57 Å². The zero-order valence-corrected chi connectivity index (χ0v) is 19.1. The summed E-state index contributed by atoms with van der Waals surface area (Å²) >= 11 is 0. The van der Waals surface area contributed by atoms with E-state index in [1.807, 2.05) is 48.5 Å². The van der Waals surface area contributed by atoms with Gasteiger partial charge in [0.1, 0.15) is 11.2 Å². The van der Waals surface area contributed by atoms with Crippen molar-refractivity contribution in [2.24, 2.45) is 0 Å². The summed E-state index contributed by atoms with van der Waals surface area (Å²) in [6.07, 6.45) is 0. The molecule has 7 aromatic rings. The van der Waals surface area contributed by atoms with Crippen LogP contribution >= 0.6 is 0 Å². The number of para-hydroxylation sites is 2. The molecule has 0 aliphatic heterocycles. The van der Waals surface area contributed by atoms with Crippen molar-refractivity contribution in [1.29, 1.82) is 10.5 Å². The molecule has 0 amide bonds. The number of nitrogens with zero attached hydrogens (tertiary/aromatic N) is 3. The maximum atomic E-state index is 9.52. The van der Waals surface area contributed by atoms with Crippen LogP contribution in [0.2, 0.25) is 0 Å². The van der Waals surface area contributed by atoms with Crippen LogP contribution in [-0.2, 0) is 0 Å². The Morgan fingerprint density at radius 1 is 0.528 bits per heavy atom. The topological polar surface area (TPSA) is 65.7 Å². The molecule has 0 fully saturated rings. The summed E-state index contributed by atoms with van der Waals surface area (Å²) in [7, 11) is 0. The number of hydrogen-bond donors (Lipinski definition) is 0. The van der Waals surface area contributed by atoms with Gasteiger partial charge in [-0.3, -0.25) is 0 Å². The number of rotatable bonds is 2. The number of fused-ring (bicyclic) bond motifs is 6. The molecule has 2 aromatic heterocycles. The third-order valence-electron chi connectivity index (χ3n) is 6.82. The van der Waals surface area contributed by atoms with Gasteiger partial charge in [-0.25, -0.2) is 0 Å². The second-order valence-electron chi connectivity index (χ2n) is 8.89. The third-order valence-corrected chi connectivity index (χ3v) is 6.82. The number of hydrogen-bond acceptors (Lipinski definition) is 3. The molecule has 36 heavy (non-hydrogen) atoms. The van der Waals surface area contributed by atoms with E-state index in [1.54, 1.807) is 6.07 Å². The second-order valence-corrected chi connectivity index (χ2v) is 8.89. The van der Waals surface area contributed by atoms with E-state index >= 15 is 0 Å². The third kappa shape index (κ3) is 2.92. The fourth-order valence-corrected chi connectivity index (χ4v) is 5.21. The van der Waals surface area contributed by atoms with Crippen molar-refractivity contribution in [2.45, 2.75) is 0 Å². The van der Waals surface area contributed by atoms with E-state index in [9.17, 15) is 10.5 Å². The molecule has 0 aliphatic rings. The summed E-state index contributed by atoms with van der Waals surface area (Å²) in [5, 5.41) is 23.5. The van der Waals surface area contributed by atoms with Gasteiger partial charge in [0.15, 0.2) is 0 Å². The Labute approximate surface area is 206 Å². The fourth-order valence-electron chi connectivity index (χ4n) is 5.21. The van der Waals surface area contributed by atoms with Crippen LogP contribution in [0.5, 0.6) is 0 Å². The molecule has 0 saturated carbocycles. The van der Waals surface area contributed by atoms with Crippen molar-refractivity contribution < 1.29 is 4.42 Å². The lowest BCUT2D eigenvalue weighted by Gasteiger charge is -2.09. The Balaban J connectivity index is 1.48. The largest absolute Gasteiger partial charge is 0.456 e. The lowest BCUT2D eigenvalue weighted by atomic mass is 10.0. The van der Waals surface area contributed by atoms with Gasteiger partial charge in [-0.05, 0) is 65.7 Å².